The quantitative estimate of drug-likeness (QED) is 0.413. The number of nitrogens with zero attached hydrogens (tertiary/aromatic N) is 3. The minimum absolute atomic E-state index is 0.117. The highest BCUT2D eigenvalue weighted by Crippen LogP contribution is 2.24. The fourth-order valence-corrected chi connectivity index (χ4v) is 2.52. The number of rotatable bonds is 7. The molecular weight excluding hydrogens is 370 g/mol. The average Bonchev–Trinajstić information content (AvgIpc) is 2.64. The Labute approximate surface area is 160 Å². The van der Waals surface area contributed by atoms with Crippen molar-refractivity contribution in [2.45, 2.75) is 6.42 Å². The summed E-state index contributed by atoms with van der Waals surface area (Å²) in [5, 5.41) is 27.3. The van der Waals surface area contributed by atoms with Gasteiger partial charge in [0.2, 0.25) is 11.8 Å². The van der Waals surface area contributed by atoms with E-state index in [1.165, 1.54) is 0 Å². The van der Waals surface area contributed by atoms with E-state index in [2.05, 4.69) is 20.6 Å². The monoisotopic (exact) mass is 385 g/mol. The number of phenolic OH excluding ortho intramolecular Hbond substituents is 1. The molecule has 0 radical (unpaired) electrons. The number of phenols is 1. The minimum Gasteiger partial charge on any atom is -0.508 e. The molecule has 0 aliphatic rings. The fourth-order valence-electron chi connectivity index (χ4n) is 2.40. The van der Waals surface area contributed by atoms with Crippen LogP contribution in [0.1, 0.15) is 5.56 Å². The van der Waals surface area contributed by atoms with Crippen molar-refractivity contribution in [3.05, 3.63) is 75.4 Å². The summed E-state index contributed by atoms with van der Waals surface area (Å²) in [6.07, 6.45) is 1.72. The Morgan fingerprint density at radius 2 is 1.96 bits per heavy atom. The van der Waals surface area contributed by atoms with Gasteiger partial charge in [-0.2, -0.15) is 4.98 Å². The van der Waals surface area contributed by atoms with E-state index >= 15 is 0 Å². The van der Waals surface area contributed by atoms with Gasteiger partial charge in [0.15, 0.2) is 0 Å². The van der Waals surface area contributed by atoms with Crippen molar-refractivity contribution in [2.75, 3.05) is 17.2 Å². The highest BCUT2D eigenvalue weighted by Gasteiger charge is 2.17. The number of hydrogen-bond acceptors (Lipinski definition) is 7. The summed E-state index contributed by atoms with van der Waals surface area (Å²) < 4.78 is 0. The van der Waals surface area contributed by atoms with E-state index in [4.69, 9.17) is 11.6 Å². The van der Waals surface area contributed by atoms with Gasteiger partial charge in [0, 0.05) is 17.3 Å². The van der Waals surface area contributed by atoms with Gasteiger partial charge in [-0.3, -0.25) is 10.1 Å². The molecule has 0 unspecified atom stereocenters. The van der Waals surface area contributed by atoms with Crippen LogP contribution in [0.3, 0.4) is 0 Å². The van der Waals surface area contributed by atoms with Crippen molar-refractivity contribution < 1.29 is 10.0 Å². The lowest BCUT2D eigenvalue weighted by Gasteiger charge is -2.09. The van der Waals surface area contributed by atoms with Gasteiger partial charge in [-0.15, -0.1) is 0 Å². The summed E-state index contributed by atoms with van der Waals surface area (Å²) in [4.78, 5) is 18.9. The second-order valence-electron chi connectivity index (χ2n) is 5.66. The summed E-state index contributed by atoms with van der Waals surface area (Å²) in [6, 6.07) is 13.8. The summed E-state index contributed by atoms with van der Waals surface area (Å²) in [7, 11) is 0. The first-order valence-corrected chi connectivity index (χ1v) is 8.45. The molecule has 27 heavy (non-hydrogen) atoms. The molecule has 2 aromatic carbocycles. The second kappa shape index (κ2) is 8.33. The molecular formula is C18H16ClN5O3. The van der Waals surface area contributed by atoms with Gasteiger partial charge in [-0.05, 0) is 48.4 Å². The molecule has 8 nitrogen and oxygen atoms in total. The zero-order valence-corrected chi connectivity index (χ0v) is 14.8. The van der Waals surface area contributed by atoms with Gasteiger partial charge >= 0.3 is 5.69 Å². The molecule has 0 aliphatic carbocycles. The lowest BCUT2D eigenvalue weighted by atomic mass is 10.1. The molecule has 0 fully saturated rings. The fraction of sp³-hybridized carbons (Fsp3) is 0.111. The number of aromatic hydroxyl groups is 1. The van der Waals surface area contributed by atoms with Crippen LogP contribution in [0.5, 0.6) is 5.75 Å². The van der Waals surface area contributed by atoms with Crippen molar-refractivity contribution in [3.63, 3.8) is 0 Å². The molecule has 138 valence electrons. The first-order valence-electron chi connectivity index (χ1n) is 8.07. The molecule has 0 saturated carbocycles. The van der Waals surface area contributed by atoms with Crippen LogP contribution in [0.25, 0.3) is 0 Å². The Morgan fingerprint density at radius 3 is 2.67 bits per heavy atom. The van der Waals surface area contributed by atoms with Crippen LogP contribution in [-0.4, -0.2) is 26.5 Å². The van der Waals surface area contributed by atoms with Crippen molar-refractivity contribution in [3.8, 4) is 5.75 Å². The molecule has 9 heteroatoms. The first-order chi connectivity index (χ1) is 13.0. The smallest absolute Gasteiger partial charge is 0.329 e. The van der Waals surface area contributed by atoms with Gasteiger partial charge in [0.1, 0.15) is 11.9 Å². The maximum absolute atomic E-state index is 11.2. The van der Waals surface area contributed by atoms with Gasteiger partial charge in [-0.25, -0.2) is 4.98 Å². The highest BCUT2D eigenvalue weighted by atomic mass is 35.5. The predicted molar refractivity (Wildman–Crippen MR) is 104 cm³/mol. The number of anilines is 3. The molecule has 1 heterocycles. The Kier molecular flexibility index (Phi) is 5.68. The molecule has 3 rings (SSSR count). The molecule has 3 N–H and O–H groups in total. The maximum Gasteiger partial charge on any atom is 0.329 e. The van der Waals surface area contributed by atoms with Gasteiger partial charge in [0.25, 0.3) is 0 Å². The highest BCUT2D eigenvalue weighted by molar-refractivity contribution is 6.30. The zero-order valence-electron chi connectivity index (χ0n) is 14.1. The van der Waals surface area contributed by atoms with Crippen LogP contribution in [-0.2, 0) is 6.42 Å². The molecule has 0 bridgehead atoms. The molecule has 3 aromatic rings. The van der Waals surface area contributed by atoms with Crippen LogP contribution in [0.2, 0.25) is 5.02 Å². The van der Waals surface area contributed by atoms with E-state index in [0.717, 1.165) is 11.8 Å². The molecule has 0 amide bonds. The average molecular weight is 386 g/mol. The van der Waals surface area contributed by atoms with Gasteiger partial charge < -0.3 is 15.7 Å². The molecule has 0 spiro atoms. The van der Waals surface area contributed by atoms with E-state index in [1.54, 1.807) is 42.5 Å². The normalized spacial score (nSPS) is 10.4. The lowest BCUT2D eigenvalue weighted by Crippen LogP contribution is -2.10. The number of nitro groups is 1. The molecule has 0 atom stereocenters. The van der Waals surface area contributed by atoms with Crippen LogP contribution < -0.4 is 10.6 Å². The van der Waals surface area contributed by atoms with Crippen molar-refractivity contribution >= 4 is 34.7 Å². The van der Waals surface area contributed by atoms with Crippen molar-refractivity contribution in [1.82, 2.24) is 9.97 Å². The lowest BCUT2D eigenvalue weighted by molar-refractivity contribution is -0.384. The summed E-state index contributed by atoms with van der Waals surface area (Å²) >= 11 is 5.85. The first kappa shape index (κ1) is 18.4. The van der Waals surface area contributed by atoms with Crippen LogP contribution in [0, 0.1) is 10.1 Å². The predicted octanol–water partition coefficient (Wildman–Crippen LogP) is 4.14. The van der Waals surface area contributed by atoms with Crippen LogP contribution in [0.15, 0.2) is 54.7 Å². The third kappa shape index (κ3) is 5.05. The van der Waals surface area contributed by atoms with E-state index in [0.29, 0.717) is 23.7 Å². The third-order valence-corrected chi connectivity index (χ3v) is 3.94. The number of benzene rings is 2. The van der Waals surface area contributed by atoms with Gasteiger partial charge in [0.05, 0.1) is 4.92 Å². The zero-order chi connectivity index (χ0) is 19.2. The molecule has 0 aliphatic heterocycles. The number of hydrogen-bond donors (Lipinski definition) is 3. The Morgan fingerprint density at radius 1 is 1.19 bits per heavy atom. The van der Waals surface area contributed by atoms with E-state index < -0.39 is 4.92 Å². The van der Waals surface area contributed by atoms with Crippen LogP contribution >= 0.6 is 11.6 Å². The standard InChI is InChI=1S/C18H16ClN5O3/c19-13-4-6-14(7-5-13)22-18-21-11-16(24(26)27)17(23-18)20-9-8-12-2-1-3-15(25)10-12/h1-7,10-11,25H,8-9H2,(H2,20,21,22,23). The van der Waals surface area contributed by atoms with Crippen molar-refractivity contribution in [2.24, 2.45) is 0 Å². The Balaban J connectivity index is 1.73. The van der Waals surface area contributed by atoms with Crippen molar-refractivity contribution in [1.29, 1.82) is 0 Å². The third-order valence-electron chi connectivity index (χ3n) is 3.68. The molecule has 1 aromatic heterocycles. The topological polar surface area (TPSA) is 113 Å². The largest absolute Gasteiger partial charge is 0.508 e. The van der Waals surface area contributed by atoms with E-state index in [9.17, 15) is 15.2 Å². The second-order valence-corrected chi connectivity index (χ2v) is 6.10. The van der Waals surface area contributed by atoms with E-state index in [1.807, 2.05) is 6.07 Å². The summed E-state index contributed by atoms with van der Waals surface area (Å²) in [5.41, 5.74) is 1.39. The number of nitrogens with one attached hydrogen (secondary N) is 2. The number of halogens is 1. The maximum atomic E-state index is 11.2. The summed E-state index contributed by atoms with van der Waals surface area (Å²) in [6.45, 7) is 0.404. The Bertz CT molecular complexity index is 950. The van der Waals surface area contributed by atoms with E-state index in [-0.39, 0.29) is 23.2 Å². The summed E-state index contributed by atoms with van der Waals surface area (Å²) in [5.74, 6) is 0.518. The van der Waals surface area contributed by atoms with Crippen LogP contribution in [0.4, 0.5) is 23.1 Å². The SMILES string of the molecule is O=[N+]([O-])c1cnc(Nc2ccc(Cl)cc2)nc1NCCc1cccc(O)c1. The molecule has 0 saturated heterocycles. The number of aromatic nitrogens is 2. The van der Waals surface area contributed by atoms with Gasteiger partial charge in [-0.1, -0.05) is 23.7 Å². The minimum atomic E-state index is -0.539. The Hall–Kier alpha value is -3.39.